The summed E-state index contributed by atoms with van der Waals surface area (Å²) in [5.41, 5.74) is 3.55. The van der Waals surface area contributed by atoms with Gasteiger partial charge in [-0.3, -0.25) is 4.90 Å². The fraction of sp³-hybridized carbons (Fsp3) is 0.333. The summed E-state index contributed by atoms with van der Waals surface area (Å²) >= 11 is 0. The van der Waals surface area contributed by atoms with E-state index < -0.39 is 0 Å². The van der Waals surface area contributed by atoms with Crippen LogP contribution in [0.25, 0.3) is 11.4 Å². The number of ether oxygens (including phenoxy) is 1. The van der Waals surface area contributed by atoms with Crippen molar-refractivity contribution < 1.29 is 9.26 Å². The average Bonchev–Trinajstić information content (AvgIpc) is 3.33. The van der Waals surface area contributed by atoms with Crippen LogP contribution in [0.3, 0.4) is 0 Å². The van der Waals surface area contributed by atoms with Gasteiger partial charge >= 0.3 is 0 Å². The number of nitrogens with zero attached hydrogens (tertiary/aromatic N) is 3. The molecule has 134 valence electrons. The Labute approximate surface area is 153 Å². The second kappa shape index (κ2) is 7.30. The van der Waals surface area contributed by atoms with E-state index in [2.05, 4.69) is 46.2 Å². The number of likely N-dealkylation sites (tertiary alicyclic amines) is 1. The van der Waals surface area contributed by atoms with Crippen LogP contribution in [0.15, 0.2) is 53.1 Å². The topological polar surface area (TPSA) is 51.4 Å². The first-order valence-electron chi connectivity index (χ1n) is 8.97. The molecule has 4 rings (SSSR count). The Hall–Kier alpha value is -2.66. The van der Waals surface area contributed by atoms with Crippen molar-refractivity contribution in [1.82, 2.24) is 15.0 Å². The highest BCUT2D eigenvalue weighted by molar-refractivity contribution is 5.56. The number of aryl methyl sites for hydroxylation is 1. The molecule has 1 aliphatic rings. The van der Waals surface area contributed by atoms with Crippen LogP contribution in [0.5, 0.6) is 5.75 Å². The molecule has 1 atom stereocenters. The number of aromatic nitrogens is 2. The fourth-order valence-electron chi connectivity index (χ4n) is 3.41. The zero-order chi connectivity index (χ0) is 17.9. The number of methoxy groups -OCH3 is 1. The lowest BCUT2D eigenvalue weighted by Gasteiger charge is -2.15. The summed E-state index contributed by atoms with van der Waals surface area (Å²) in [6, 6.07) is 16.5. The van der Waals surface area contributed by atoms with E-state index in [1.54, 1.807) is 7.11 Å². The highest BCUT2D eigenvalue weighted by Crippen LogP contribution is 2.29. The lowest BCUT2D eigenvalue weighted by atomic mass is 10.1. The number of hydrogen-bond acceptors (Lipinski definition) is 5. The van der Waals surface area contributed by atoms with Crippen molar-refractivity contribution in [2.24, 2.45) is 0 Å². The zero-order valence-corrected chi connectivity index (χ0v) is 15.2. The van der Waals surface area contributed by atoms with Crippen molar-refractivity contribution in [3.63, 3.8) is 0 Å². The normalized spacial score (nSPS) is 17.5. The van der Waals surface area contributed by atoms with Crippen molar-refractivity contribution in [1.29, 1.82) is 0 Å². The van der Waals surface area contributed by atoms with Gasteiger partial charge < -0.3 is 9.26 Å². The van der Waals surface area contributed by atoms with Gasteiger partial charge in [0, 0.05) is 18.7 Å². The molecule has 3 aromatic rings. The minimum Gasteiger partial charge on any atom is -0.497 e. The number of benzene rings is 2. The van der Waals surface area contributed by atoms with Crippen LogP contribution >= 0.6 is 0 Å². The van der Waals surface area contributed by atoms with Crippen molar-refractivity contribution in [3.05, 3.63) is 65.5 Å². The minimum absolute atomic E-state index is 0.298. The molecule has 1 aromatic heterocycles. The van der Waals surface area contributed by atoms with E-state index in [4.69, 9.17) is 9.26 Å². The zero-order valence-electron chi connectivity index (χ0n) is 15.2. The third kappa shape index (κ3) is 3.63. The second-order valence-corrected chi connectivity index (χ2v) is 6.89. The lowest BCUT2D eigenvalue weighted by Crippen LogP contribution is -2.19. The monoisotopic (exact) mass is 349 g/mol. The standard InChI is InChI=1S/C21H23N3O2/c1-15-6-8-16(9-7-15)13-24-11-10-18(14-24)21-22-20(23-26-21)17-4-3-5-19(12-17)25-2/h3-9,12,18H,10-11,13-14H2,1-2H3/t18-/m1/s1. The van der Waals surface area contributed by atoms with E-state index in [1.807, 2.05) is 24.3 Å². The Bertz CT molecular complexity index is 873. The highest BCUT2D eigenvalue weighted by atomic mass is 16.5. The molecule has 0 aliphatic carbocycles. The van der Waals surface area contributed by atoms with Crippen LogP contribution in [-0.2, 0) is 6.54 Å². The molecule has 0 radical (unpaired) electrons. The molecular formula is C21H23N3O2. The van der Waals surface area contributed by atoms with E-state index in [9.17, 15) is 0 Å². The predicted molar refractivity (Wildman–Crippen MR) is 100 cm³/mol. The predicted octanol–water partition coefficient (Wildman–Crippen LogP) is 4.04. The van der Waals surface area contributed by atoms with Crippen molar-refractivity contribution in [2.45, 2.75) is 25.8 Å². The van der Waals surface area contributed by atoms with Gasteiger partial charge in [0.1, 0.15) is 5.75 Å². The molecule has 0 N–H and O–H groups in total. The first-order valence-corrected chi connectivity index (χ1v) is 8.97. The first-order chi connectivity index (χ1) is 12.7. The summed E-state index contributed by atoms with van der Waals surface area (Å²) in [5, 5.41) is 4.16. The quantitative estimate of drug-likeness (QED) is 0.696. The van der Waals surface area contributed by atoms with Crippen molar-refractivity contribution in [3.8, 4) is 17.1 Å². The molecule has 26 heavy (non-hydrogen) atoms. The lowest BCUT2D eigenvalue weighted by molar-refractivity contribution is 0.309. The van der Waals surface area contributed by atoms with Gasteiger partial charge in [-0.1, -0.05) is 47.1 Å². The molecule has 0 unspecified atom stereocenters. The van der Waals surface area contributed by atoms with Crippen molar-refractivity contribution >= 4 is 0 Å². The van der Waals surface area contributed by atoms with Gasteiger partial charge in [-0.2, -0.15) is 4.98 Å². The molecule has 2 heterocycles. The van der Waals surface area contributed by atoms with E-state index in [0.29, 0.717) is 11.7 Å². The largest absolute Gasteiger partial charge is 0.497 e. The third-order valence-electron chi connectivity index (χ3n) is 4.92. The van der Waals surface area contributed by atoms with E-state index in [1.165, 1.54) is 11.1 Å². The number of hydrogen-bond donors (Lipinski definition) is 0. The third-order valence-corrected chi connectivity index (χ3v) is 4.92. The maximum absolute atomic E-state index is 5.56. The van der Waals surface area contributed by atoms with Crippen LogP contribution in [0.4, 0.5) is 0 Å². The molecule has 0 amide bonds. The van der Waals surface area contributed by atoms with Crippen LogP contribution in [0.2, 0.25) is 0 Å². The van der Waals surface area contributed by atoms with Crippen LogP contribution < -0.4 is 4.74 Å². The Kier molecular flexibility index (Phi) is 4.71. The molecule has 0 saturated carbocycles. The molecule has 0 bridgehead atoms. The molecule has 5 nitrogen and oxygen atoms in total. The van der Waals surface area contributed by atoms with Gasteiger partial charge in [0.05, 0.1) is 13.0 Å². The molecule has 5 heteroatoms. The molecule has 1 fully saturated rings. The van der Waals surface area contributed by atoms with Crippen LogP contribution in [0.1, 0.15) is 29.4 Å². The summed E-state index contributed by atoms with van der Waals surface area (Å²) in [7, 11) is 1.65. The van der Waals surface area contributed by atoms with Gasteiger partial charge in [-0.25, -0.2) is 0 Å². The maximum Gasteiger partial charge on any atom is 0.231 e. The average molecular weight is 349 g/mol. The smallest absolute Gasteiger partial charge is 0.231 e. The fourth-order valence-corrected chi connectivity index (χ4v) is 3.41. The van der Waals surface area contributed by atoms with Gasteiger partial charge in [-0.15, -0.1) is 0 Å². The van der Waals surface area contributed by atoms with E-state index >= 15 is 0 Å². The van der Waals surface area contributed by atoms with Gasteiger partial charge in [0.15, 0.2) is 0 Å². The first kappa shape index (κ1) is 16.8. The van der Waals surface area contributed by atoms with Crippen LogP contribution in [0, 0.1) is 6.92 Å². The van der Waals surface area contributed by atoms with Gasteiger partial charge in [0.25, 0.3) is 0 Å². The second-order valence-electron chi connectivity index (χ2n) is 6.89. The van der Waals surface area contributed by atoms with Crippen molar-refractivity contribution in [2.75, 3.05) is 20.2 Å². The van der Waals surface area contributed by atoms with E-state index in [0.717, 1.165) is 43.3 Å². The maximum atomic E-state index is 5.56. The summed E-state index contributed by atoms with van der Waals surface area (Å²) in [5.74, 6) is 2.44. The molecular weight excluding hydrogens is 326 g/mol. The Balaban J connectivity index is 1.42. The van der Waals surface area contributed by atoms with Gasteiger partial charge in [-0.05, 0) is 37.6 Å². The number of rotatable bonds is 5. The summed E-state index contributed by atoms with van der Waals surface area (Å²) < 4.78 is 10.8. The molecule has 1 saturated heterocycles. The summed E-state index contributed by atoms with van der Waals surface area (Å²) in [4.78, 5) is 7.08. The molecule has 0 spiro atoms. The summed E-state index contributed by atoms with van der Waals surface area (Å²) in [6.45, 7) is 5.09. The van der Waals surface area contributed by atoms with Gasteiger partial charge in [0.2, 0.25) is 11.7 Å². The summed E-state index contributed by atoms with van der Waals surface area (Å²) in [6.07, 6.45) is 1.05. The Morgan fingerprint density at radius 1 is 1.19 bits per heavy atom. The Morgan fingerprint density at radius 2 is 2.04 bits per heavy atom. The molecule has 1 aliphatic heterocycles. The Morgan fingerprint density at radius 3 is 2.85 bits per heavy atom. The SMILES string of the molecule is COc1cccc(-c2noc([C@@H]3CCN(Cc4ccc(C)cc4)C3)n2)c1. The highest BCUT2D eigenvalue weighted by Gasteiger charge is 2.28. The molecule has 2 aromatic carbocycles. The van der Waals surface area contributed by atoms with Crippen LogP contribution in [-0.4, -0.2) is 35.2 Å². The minimum atomic E-state index is 0.298. The van der Waals surface area contributed by atoms with E-state index in [-0.39, 0.29) is 0 Å².